The van der Waals surface area contributed by atoms with Crippen molar-refractivity contribution in [3.8, 4) is 11.5 Å². The van der Waals surface area contributed by atoms with Crippen molar-refractivity contribution in [1.29, 1.82) is 0 Å². The third kappa shape index (κ3) is 4.25. The third-order valence-corrected chi connectivity index (χ3v) is 2.85. The Morgan fingerprint density at radius 2 is 2.10 bits per heavy atom. The van der Waals surface area contributed by atoms with Crippen LogP contribution in [0.4, 0.5) is 0 Å². The Morgan fingerprint density at radius 3 is 2.76 bits per heavy atom. The SMILES string of the molecule is COc1ccccc1OCC(=O)NC[C@H](O)c1ccoc1. The predicted octanol–water partition coefficient (Wildman–Crippen LogP) is 1.52. The maximum atomic E-state index is 11.7. The summed E-state index contributed by atoms with van der Waals surface area (Å²) < 4.78 is 15.4. The predicted molar refractivity (Wildman–Crippen MR) is 75.2 cm³/mol. The Kier molecular flexibility index (Phi) is 5.22. The van der Waals surface area contributed by atoms with Gasteiger partial charge in [-0.1, -0.05) is 12.1 Å². The zero-order valence-electron chi connectivity index (χ0n) is 11.6. The fourth-order valence-corrected chi connectivity index (χ4v) is 1.73. The molecule has 1 amide bonds. The highest BCUT2D eigenvalue weighted by Crippen LogP contribution is 2.25. The molecule has 21 heavy (non-hydrogen) atoms. The zero-order chi connectivity index (χ0) is 15.1. The minimum Gasteiger partial charge on any atom is -0.493 e. The number of furan rings is 1. The molecule has 2 N–H and O–H groups in total. The van der Waals surface area contributed by atoms with Crippen LogP contribution in [0.25, 0.3) is 0 Å². The topological polar surface area (TPSA) is 80.9 Å². The second-order valence-corrected chi connectivity index (χ2v) is 4.32. The van der Waals surface area contributed by atoms with Gasteiger partial charge in [-0.05, 0) is 18.2 Å². The maximum Gasteiger partial charge on any atom is 0.258 e. The lowest BCUT2D eigenvalue weighted by Gasteiger charge is -2.12. The molecule has 0 spiro atoms. The van der Waals surface area contributed by atoms with Gasteiger partial charge < -0.3 is 24.3 Å². The summed E-state index contributed by atoms with van der Waals surface area (Å²) in [5, 5.41) is 12.4. The molecule has 1 heterocycles. The lowest BCUT2D eigenvalue weighted by Crippen LogP contribution is -2.32. The largest absolute Gasteiger partial charge is 0.493 e. The van der Waals surface area contributed by atoms with Crippen LogP contribution in [0.15, 0.2) is 47.3 Å². The second kappa shape index (κ2) is 7.35. The fourth-order valence-electron chi connectivity index (χ4n) is 1.73. The van der Waals surface area contributed by atoms with Gasteiger partial charge in [0.1, 0.15) is 0 Å². The number of carbonyl (C=O) groups is 1. The zero-order valence-corrected chi connectivity index (χ0v) is 11.6. The first-order chi connectivity index (χ1) is 10.2. The van der Waals surface area contributed by atoms with E-state index in [4.69, 9.17) is 13.9 Å². The Hall–Kier alpha value is -2.47. The minimum atomic E-state index is -0.807. The highest BCUT2D eigenvalue weighted by atomic mass is 16.5. The quantitative estimate of drug-likeness (QED) is 0.808. The summed E-state index contributed by atoms with van der Waals surface area (Å²) in [5.41, 5.74) is 0.612. The number of carbonyl (C=O) groups excluding carboxylic acids is 1. The average Bonchev–Trinajstić information content (AvgIpc) is 3.05. The van der Waals surface area contributed by atoms with Gasteiger partial charge >= 0.3 is 0 Å². The number of hydrogen-bond acceptors (Lipinski definition) is 5. The van der Waals surface area contributed by atoms with Gasteiger partial charge in [-0.3, -0.25) is 4.79 Å². The van der Waals surface area contributed by atoms with Crippen LogP contribution >= 0.6 is 0 Å². The van der Waals surface area contributed by atoms with E-state index in [0.717, 1.165) is 0 Å². The average molecular weight is 291 g/mol. The van der Waals surface area contributed by atoms with E-state index in [1.807, 2.05) is 6.07 Å². The van der Waals surface area contributed by atoms with Crippen molar-refractivity contribution in [3.05, 3.63) is 48.4 Å². The van der Waals surface area contributed by atoms with Gasteiger partial charge in [0.2, 0.25) is 0 Å². The van der Waals surface area contributed by atoms with Crippen molar-refractivity contribution in [2.75, 3.05) is 20.3 Å². The first-order valence-corrected chi connectivity index (χ1v) is 6.43. The Bertz CT molecular complexity index is 567. The number of ether oxygens (including phenoxy) is 2. The Morgan fingerprint density at radius 1 is 1.33 bits per heavy atom. The third-order valence-electron chi connectivity index (χ3n) is 2.85. The second-order valence-electron chi connectivity index (χ2n) is 4.32. The summed E-state index contributed by atoms with van der Waals surface area (Å²) >= 11 is 0. The summed E-state index contributed by atoms with van der Waals surface area (Å²) in [6, 6.07) is 8.70. The number of methoxy groups -OCH3 is 1. The molecule has 1 atom stereocenters. The molecule has 0 bridgehead atoms. The van der Waals surface area contributed by atoms with E-state index < -0.39 is 6.10 Å². The molecule has 0 saturated carbocycles. The van der Waals surface area contributed by atoms with Crippen LogP contribution in [0.3, 0.4) is 0 Å². The molecule has 0 radical (unpaired) electrons. The molecule has 2 aromatic rings. The van der Waals surface area contributed by atoms with Crippen LogP contribution in [-0.2, 0) is 4.79 Å². The standard InChI is InChI=1S/C15H17NO5/c1-19-13-4-2-3-5-14(13)21-10-15(18)16-8-12(17)11-6-7-20-9-11/h2-7,9,12,17H,8,10H2,1H3,(H,16,18)/t12-/m0/s1. The van der Waals surface area contributed by atoms with Gasteiger partial charge in [0, 0.05) is 12.1 Å². The molecule has 112 valence electrons. The summed E-state index contributed by atoms with van der Waals surface area (Å²) in [7, 11) is 1.53. The van der Waals surface area contributed by atoms with E-state index in [9.17, 15) is 9.90 Å². The number of rotatable bonds is 7. The summed E-state index contributed by atoms with van der Waals surface area (Å²) in [6.45, 7) is -0.0634. The molecule has 0 saturated heterocycles. The van der Waals surface area contributed by atoms with Crippen LogP contribution < -0.4 is 14.8 Å². The van der Waals surface area contributed by atoms with Crippen molar-refractivity contribution in [3.63, 3.8) is 0 Å². The minimum absolute atomic E-state index is 0.0909. The lowest BCUT2D eigenvalue weighted by atomic mass is 10.2. The van der Waals surface area contributed by atoms with Crippen LogP contribution in [0.1, 0.15) is 11.7 Å². The number of amides is 1. The number of aliphatic hydroxyl groups is 1. The van der Waals surface area contributed by atoms with Crippen LogP contribution in [-0.4, -0.2) is 31.3 Å². The van der Waals surface area contributed by atoms with Crippen LogP contribution in [0, 0.1) is 0 Å². The molecule has 1 aromatic carbocycles. The van der Waals surface area contributed by atoms with Gasteiger partial charge in [-0.2, -0.15) is 0 Å². The normalized spacial score (nSPS) is 11.7. The van der Waals surface area contributed by atoms with Crippen molar-refractivity contribution in [1.82, 2.24) is 5.32 Å². The first kappa shape index (κ1) is 14.9. The smallest absolute Gasteiger partial charge is 0.258 e. The molecule has 2 rings (SSSR count). The molecular weight excluding hydrogens is 274 g/mol. The molecular formula is C15H17NO5. The van der Waals surface area contributed by atoms with E-state index in [1.165, 1.54) is 19.6 Å². The molecule has 0 aliphatic carbocycles. The first-order valence-electron chi connectivity index (χ1n) is 6.43. The lowest BCUT2D eigenvalue weighted by molar-refractivity contribution is -0.123. The summed E-state index contributed by atoms with van der Waals surface area (Å²) in [4.78, 5) is 11.7. The van der Waals surface area contributed by atoms with Crippen molar-refractivity contribution >= 4 is 5.91 Å². The van der Waals surface area contributed by atoms with E-state index >= 15 is 0 Å². The molecule has 1 aromatic heterocycles. The number of aliphatic hydroxyl groups excluding tert-OH is 1. The highest BCUT2D eigenvalue weighted by Gasteiger charge is 2.11. The number of hydrogen-bond donors (Lipinski definition) is 2. The number of nitrogens with one attached hydrogen (secondary N) is 1. The molecule has 0 aliphatic rings. The van der Waals surface area contributed by atoms with Gasteiger partial charge in [0.05, 0.1) is 25.7 Å². The number of benzene rings is 1. The van der Waals surface area contributed by atoms with E-state index in [-0.39, 0.29) is 19.1 Å². The summed E-state index contributed by atoms with van der Waals surface area (Å²) in [6.07, 6.45) is 2.09. The Labute approximate surface area is 122 Å². The van der Waals surface area contributed by atoms with Crippen molar-refractivity contribution < 1.29 is 23.8 Å². The molecule has 6 heteroatoms. The van der Waals surface area contributed by atoms with Gasteiger partial charge in [-0.15, -0.1) is 0 Å². The number of para-hydroxylation sites is 2. The Balaban J connectivity index is 1.77. The van der Waals surface area contributed by atoms with Crippen LogP contribution in [0.5, 0.6) is 11.5 Å². The van der Waals surface area contributed by atoms with Gasteiger partial charge in [0.15, 0.2) is 18.1 Å². The monoisotopic (exact) mass is 291 g/mol. The summed E-state index contributed by atoms with van der Waals surface area (Å²) in [5.74, 6) is 0.720. The van der Waals surface area contributed by atoms with E-state index in [1.54, 1.807) is 24.3 Å². The van der Waals surface area contributed by atoms with Crippen LogP contribution in [0.2, 0.25) is 0 Å². The van der Waals surface area contributed by atoms with E-state index in [0.29, 0.717) is 17.1 Å². The van der Waals surface area contributed by atoms with Gasteiger partial charge in [0.25, 0.3) is 5.91 Å². The molecule has 0 unspecified atom stereocenters. The fraction of sp³-hybridized carbons (Fsp3) is 0.267. The highest BCUT2D eigenvalue weighted by molar-refractivity contribution is 5.77. The molecule has 0 fully saturated rings. The maximum absolute atomic E-state index is 11.7. The van der Waals surface area contributed by atoms with Crippen molar-refractivity contribution in [2.45, 2.75) is 6.10 Å². The van der Waals surface area contributed by atoms with E-state index in [2.05, 4.69) is 5.32 Å². The van der Waals surface area contributed by atoms with Gasteiger partial charge in [-0.25, -0.2) is 0 Å². The molecule has 0 aliphatic heterocycles. The van der Waals surface area contributed by atoms with Crippen molar-refractivity contribution in [2.24, 2.45) is 0 Å². The molecule has 6 nitrogen and oxygen atoms in total.